The first-order valence-corrected chi connectivity index (χ1v) is 5.72. The molecular weight excluding hydrogens is 200 g/mol. The molecule has 0 saturated carbocycles. The van der Waals surface area contributed by atoms with E-state index in [0.717, 1.165) is 19.0 Å². The maximum absolute atomic E-state index is 4.46. The Balaban J connectivity index is 2.37. The van der Waals surface area contributed by atoms with Crippen molar-refractivity contribution in [2.75, 3.05) is 31.0 Å². The molecule has 1 aromatic rings. The third-order valence-corrected chi connectivity index (χ3v) is 2.72. The van der Waals surface area contributed by atoms with Crippen LogP contribution in [-0.4, -0.2) is 36.7 Å². The molecule has 0 amide bonds. The lowest BCUT2D eigenvalue weighted by Gasteiger charge is -2.34. The summed E-state index contributed by atoms with van der Waals surface area (Å²) in [6.45, 7) is 6.21. The molecule has 16 heavy (non-hydrogen) atoms. The third-order valence-electron chi connectivity index (χ3n) is 2.72. The van der Waals surface area contributed by atoms with Crippen LogP contribution in [-0.2, 0) is 6.54 Å². The minimum Gasteiger partial charge on any atom is -0.382 e. The quantitative estimate of drug-likeness (QED) is 0.822. The summed E-state index contributed by atoms with van der Waals surface area (Å²) in [4.78, 5) is 8.93. The number of aromatic nitrogens is 1. The highest BCUT2D eigenvalue weighted by atomic mass is 15.3. The van der Waals surface area contributed by atoms with Crippen molar-refractivity contribution in [2.24, 2.45) is 0 Å². The van der Waals surface area contributed by atoms with E-state index in [4.69, 9.17) is 0 Å². The highest BCUT2D eigenvalue weighted by Crippen LogP contribution is 2.29. The molecule has 2 rings (SSSR count). The Kier molecular flexibility index (Phi) is 3.01. The summed E-state index contributed by atoms with van der Waals surface area (Å²) in [6, 6.07) is 2.51. The van der Waals surface area contributed by atoms with E-state index in [1.165, 1.54) is 11.3 Å². The summed E-state index contributed by atoms with van der Waals surface area (Å²) in [7, 11) is 4.21. The van der Waals surface area contributed by atoms with Crippen LogP contribution in [0, 0.1) is 0 Å². The van der Waals surface area contributed by atoms with Gasteiger partial charge in [-0.3, -0.25) is 4.90 Å². The number of nitrogens with zero attached hydrogens (tertiary/aromatic N) is 3. The summed E-state index contributed by atoms with van der Waals surface area (Å²) in [5.41, 5.74) is 2.51. The van der Waals surface area contributed by atoms with Crippen molar-refractivity contribution >= 4 is 11.5 Å². The van der Waals surface area contributed by atoms with Crippen LogP contribution in [0.5, 0.6) is 0 Å². The van der Waals surface area contributed by atoms with Gasteiger partial charge in [-0.15, -0.1) is 0 Å². The topological polar surface area (TPSA) is 31.4 Å². The van der Waals surface area contributed by atoms with Gasteiger partial charge in [0.05, 0.1) is 6.67 Å². The van der Waals surface area contributed by atoms with Gasteiger partial charge in [-0.25, -0.2) is 4.98 Å². The van der Waals surface area contributed by atoms with E-state index in [-0.39, 0.29) is 0 Å². The Morgan fingerprint density at radius 1 is 1.38 bits per heavy atom. The van der Waals surface area contributed by atoms with Crippen molar-refractivity contribution in [3.63, 3.8) is 0 Å². The Morgan fingerprint density at radius 2 is 2.12 bits per heavy atom. The van der Waals surface area contributed by atoms with Crippen molar-refractivity contribution in [2.45, 2.75) is 26.4 Å². The van der Waals surface area contributed by atoms with Crippen molar-refractivity contribution < 1.29 is 0 Å². The second kappa shape index (κ2) is 4.29. The fraction of sp³-hybridized carbons (Fsp3) is 0.583. The number of fused-ring (bicyclic) bond motifs is 1. The SMILES string of the molecule is CC(C)Nc1ccnc2c1CN(C)CN2C. The van der Waals surface area contributed by atoms with E-state index >= 15 is 0 Å². The van der Waals surface area contributed by atoms with Crippen LogP contribution in [0.25, 0.3) is 0 Å². The zero-order valence-corrected chi connectivity index (χ0v) is 10.5. The molecule has 0 radical (unpaired) electrons. The fourth-order valence-corrected chi connectivity index (χ4v) is 2.16. The van der Waals surface area contributed by atoms with Gasteiger partial charge in [-0.05, 0) is 27.0 Å². The van der Waals surface area contributed by atoms with Gasteiger partial charge in [0, 0.05) is 37.1 Å². The minimum atomic E-state index is 0.448. The van der Waals surface area contributed by atoms with E-state index in [0.29, 0.717) is 6.04 Å². The van der Waals surface area contributed by atoms with Gasteiger partial charge in [0.15, 0.2) is 0 Å². The van der Waals surface area contributed by atoms with E-state index < -0.39 is 0 Å². The van der Waals surface area contributed by atoms with Gasteiger partial charge < -0.3 is 10.2 Å². The second-order valence-electron chi connectivity index (χ2n) is 4.81. The van der Waals surface area contributed by atoms with Crippen molar-refractivity contribution in [3.05, 3.63) is 17.8 Å². The lowest BCUT2D eigenvalue weighted by Crippen LogP contribution is -2.38. The van der Waals surface area contributed by atoms with Crippen LogP contribution < -0.4 is 10.2 Å². The molecule has 1 N–H and O–H groups in total. The second-order valence-corrected chi connectivity index (χ2v) is 4.81. The van der Waals surface area contributed by atoms with Gasteiger partial charge in [0.1, 0.15) is 5.82 Å². The Labute approximate surface area is 97.3 Å². The molecule has 2 heterocycles. The predicted octanol–water partition coefficient (Wildman–Crippen LogP) is 1.74. The van der Waals surface area contributed by atoms with Gasteiger partial charge >= 0.3 is 0 Å². The lowest BCUT2D eigenvalue weighted by atomic mass is 10.1. The Morgan fingerprint density at radius 3 is 2.81 bits per heavy atom. The largest absolute Gasteiger partial charge is 0.382 e. The minimum absolute atomic E-state index is 0.448. The molecule has 0 bridgehead atoms. The maximum Gasteiger partial charge on any atom is 0.135 e. The average Bonchev–Trinajstić information content (AvgIpc) is 2.18. The Hall–Kier alpha value is -1.29. The van der Waals surface area contributed by atoms with E-state index in [1.807, 2.05) is 6.20 Å². The molecule has 4 nitrogen and oxygen atoms in total. The Bertz CT molecular complexity index is 375. The highest BCUT2D eigenvalue weighted by Gasteiger charge is 2.21. The van der Waals surface area contributed by atoms with Gasteiger partial charge in [0.25, 0.3) is 0 Å². The van der Waals surface area contributed by atoms with Crippen LogP contribution in [0.15, 0.2) is 12.3 Å². The first-order chi connectivity index (χ1) is 7.58. The smallest absolute Gasteiger partial charge is 0.135 e. The zero-order valence-electron chi connectivity index (χ0n) is 10.5. The monoisotopic (exact) mass is 220 g/mol. The summed E-state index contributed by atoms with van der Waals surface area (Å²) in [5, 5.41) is 3.48. The van der Waals surface area contributed by atoms with Crippen LogP contribution in [0.4, 0.5) is 11.5 Å². The van der Waals surface area contributed by atoms with E-state index in [1.54, 1.807) is 0 Å². The fourth-order valence-electron chi connectivity index (χ4n) is 2.16. The van der Waals surface area contributed by atoms with Crippen LogP contribution in [0.1, 0.15) is 19.4 Å². The van der Waals surface area contributed by atoms with Crippen molar-refractivity contribution in [3.8, 4) is 0 Å². The molecular formula is C12H20N4. The molecule has 0 aliphatic carbocycles. The summed E-state index contributed by atoms with van der Waals surface area (Å²) in [6.07, 6.45) is 1.88. The number of hydrogen-bond donors (Lipinski definition) is 1. The van der Waals surface area contributed by atoms with E-state index in [9.17, 15) is 0 Å². The average molecular weight is 220 g/mol. The van der Waals surface area contributed by atoms with Crippen LogP contribution in [0.3, 0.4) is 0 Å². The molecule has 0 aromatic carbocycles. The van der Waals surface area contributed by atoms with Gasteiger partial charge in [-0.1, -0.05) is 0 Å². The normalized spacial score (nSPS) is 16.4. The van der Waals surface area contributed by atoms with Gasteiger partial charge in [-0.2, -0.15) is 0 Å². The number of hydrogen-bond acceptors (Lipinski definition) is 4. The molecule has 0 spiro atoms. The summed E-state index contributed by atoms with van der Waals surface area (Å²) >= 11 is 0. The zero-order chi connectivity index (χ0) is 11.7. The van der Waals surface area contributed by atoms with Crippen LogP contribution >= 0.6 is 0 Å². The molecule has 88 valence electrons. The first kappa shape index (κ1) is 11.2. The summed E-state index contributed by atoms with van der Waals surface area (Å²) in [5.74, 6) is 1.10. The molecule has 4 heteroatoms. The number of nitrogens with one attached hydrogen (secondary N) is 1. The first-order valence-electron chi connectivity index (χ1n) is 5.72. The van der Waals surface area contributed by atoms with Crippen molar-refractivity contribution in [1.82, 2.24) is 9.88 Å². The molecule has 0 saturated heterocycles. The molecule has 0 atom stereocenters. The molecule has 1 aliphatic rings. The molecule has 0 unspecified atom stereocenters. The predicted molar refractivity (Wildman–Crippen MR) is 67.7 cm³/mol. The number of rotatable bonds is 2. The van der Waals surface area contributed by atoms with Crippen LogP contribution in [0.2, 0.25) is 0 Å². The van der Waals surface area contributed by atoms with E-state index in [2.05, 4.69) is 54.1 Å². The molecule has 1 aliphatic heterocycles. The third kappa shape index (κ3) is 2.11. The standard InChI is InChI=1S/C12H20N4/c1-9(2)14-11-5-6-13-12-10(11)7-15(3)8-16(12)4/h5-6,9H,7-8H2,1-4H3,(H,13,14). The maximum atomic E-state index is 4.46. The van der Waals surface area contributed by atoms with Crippen molar-refractivity contribution in [1.29, 1.82) is 0 Å². The highest BCUT2D eigenvalue weighted by molar-refractivity contribution is 5.63. The number of anilines is 2. The molecule has 1 aromatic heterocycles. The molecule has 0 fully saturated rings. The lowest BCUT2D eigenvalue weighted by molar-refractivity contribution is 0.314. The van der Waals surface area contributed by atoms with Gasteiger partial charge in [0.2, 0.25) is 0 Å². The number of pyridine rings is 1. The summed E-state index contributed by atoms with van der Waals surface area (Å²) < 4.78 is 0.